The summed E-state index contributed by atoms with van der Waals surface area (Å²) < 4.78 is 5.40. The SMILES string of the molecule is CCCNCC(=CC1CCOCC1)C(C)C. The van der Waals surface area contributed by atoms with Crippen molar-refractivity contribution in [3.8, 4) is 0 Å². The summed E-state index contributed by atoms with van der Waals surface area (Å²) in [6, 6.07) is 0. The van der Waals surface area contributed by atoms with Gasteiger partial charge in [-0.3, -0.25) is 0 Å². The zero-order valence-electron chi connectivity index (χ0n) is 11.1. The van der Waals surface area contributed by atoms with E-state index in [4.69, 9.17) is 4.74 Å². The van der Waals surface area contributed by atoms with Gasteiger partial charge in [0.05, 0.1) is 0 Å². The maximum Gasteiger partial charge on any atom is 0.0471 e. The Morgan fingerprint density at radius 1 is 1.38 bits per heavy atom. The van der Waals surface area contributed by atoms with E-state index in [0.717, 1.165) is 32.2 Å². The Morgan fingerprint density at radius 3 is 2.62 bits per heavy atom. The number of hydrogen-bond acceptors (Lipinski definition) is 2. The van der Waals surface area contributed by atoms with Crippen LogP contribution in [0.2, 0.25) is 0 Å². The van der Waals surface area contributed by atoms with Gasteiger partial charge in [0, 0.05) is 19.8 Å². The van der Waals surface area contributed by atoms with Gasteiger partial charge in [-0.1, -0.05) is 32.4 Å². The van der Waals surface area contributed by atoms with E-state index < -0.39 is 0 Å². The molecular formula is C14H27NO. The van der Waals surface area contributed by atoms with Crippen LogP contribution < -0.4 is 5.32 Å². The predicted octanol–water partition coefficient (Wildman–Crippen LogP) is 3.00. The molecule has 0 amide bonds. The molecule has 0 aromatic heterocycles. The molecule has 0 radical (unpaired) electrons. The first-order valence-corrected chi connectivity index (χ1v) is 6.73. The third-order valence-electron chi connectivity index (χ3n) is 3.21. The molecule has 0 atom stereocenters. The molecule has 0 aromatic carbocycles. The second-order valence-corrected chi connectivity index (χ2v) is 5.02. The summed E-state index contributed by atoms with van der Waals surface area (Å²) in [5.74, 6) is 1.40. The van der Waals surface area contributed by atoms with Crippen molar-refractivity contribution in [3.05, 3.63) is 11.6 Å². The molecule has 94 valence electrons. The molecule has 0 saturated carbocycles. The predicted molar refractivity (Wildman–Crippen MR) is 69.6 cm³/mol. The molecule has 2 nitrogen and oxygen atoms in total. The molecule has 1 rings (SSSR count). The highest BCUT2D eigenvalue weighted by Gasteiger charge is 2.13. The second kappa shape index (κ2) is 7.86. The molecule has 0 spiro atoms. The molecule has 1 N–H and O–H groups in total. The highest BCUT2D eigenvalue weighted by molar-refractivity contribution is 5.09. The van der Waals surface area contributed by atoms with E-state index in [0.29, 0.717) is 5.92 Å². The molecule has 0 bridgehead atoms. The Balaban J connectivity index is 2.43. The smallest absolute Gasteiger partial charge is 0.0471 e. The topological polar surface area (TPSA) is 21.3 Å². The van der Waals surface area contributed by atoms with Crippen LogP contribution in [0.3, 0.4) is 0 Å². The van der Waals surface area contributed by atoms with Gasteiger partial charge in [-0.15, -0.1) is 0 Å². The van der Waals surface area contributed by atoms with E-state index in [-0.39, 0.29) is 0 Å². The van der Waals surface area contributed by atoms with Crippen LogP contribution in [0.15, 0.2) is 11.6 Å². The fourth-order valence-electron chi connectivity index (χ4n) is 2.05. The minimum absolute atomic E-state index is 0.659. The van der Waals surface area contributed by atoms with Crippen molar-refractivity contribution in [1.29, 1.82) is 0 Å². The Kier molecular flexibility index (Phi) is 6.74. The van der Waals surface area contributed by atoms with Gasteiger partial charge in [-0.05, 0) is 37.6 Å². The van der Waals surface area contributed by atoms with E-state index in [1.807, 2.05) is 0 Å². The minimum Gasteiger partial charge on any atom is -0.381 e. The largest absolute Gasteiger partial charge is 0.381 e. The molecule has 16 heavy (non-hydrogen) atoms. The molecule has 2 heteroatoms. The van der Waals surface area contributed by atoms with Crippen LogP contribution in [0.5, 0.6) is 0 Å². The highest BCUT2D eigenvalue weighted by Crippen LogP contribution is 2.20. The number of allylic oxidation sites excluding steroid dienone is 1. The summed E-state index contributed by atoms with van der Waals surface area (Å²) in [7, 11) is 0. The Bertz CT molecular complexity index is 205. The van der Waals surface area contributed by atoms with Gasteiger partial charge in [0.25, 0.3) is 0 Å². The molecule has 1 fully saturated rings. The maximum absolute atomic E-state index is 5.40. The standard InChI is InChI=1S/C14H27NO/c1-4-7-15-11-14(12(2)3)10-13-5-8-16-9-6-13/h10,12-13,15H,4-9,11H2,1-3H3. The van der Waals surface area contributed by atoms with Gasteiger partial charge in [-0.25, -0.2) is 0 Å². The van der Waals surface area contributed by atoms with Crippen LogP contribution in [-0.4, -0.2) is 26.3 Å². The Labute approximate surface area is 100 Å². The van der Waals surface area contributed by atoms with Crippen molar-refractivity contribution in [2.24, 2.45) is 11.8 Å². The first kappa shape index (κ1) is 13.7. The van der Waals surface area contributed by atoms with E-state index in [1.165, 1.54) is 19.3 Å². The van der Waals surface area contributed by atoms with Crippen molar-refractivity contribution in [3.63, 3.8) is 0 Å². The maximum atomic E-state index is 5.40. The van der Waals surface area contributed by atoms with Crippen LogP contribution in [0.25, 0.3) is 0 Å². The number of nitrogens with one attached hydrogen (secondary N) is 1. The lowest BCUT2D eigenvalue weighted by atomic mass is 9.93. The van der Waals surface area contributed by atoms with Crippen LogP contribution in [0, 0.1) is 11.8 Å². The van der Waals surface area contributed by atoms with Gasteiger partial charge < -0.3 is 10.1 Å². The fraction of sp³-hybridized carbons (Fsp3) is 0.857. The van der Waals surface area contributed by atoms with Crippen LogP contribution in [-0.2, 0) is 4.74 Å². The van der Waals surface area contributed by atoms with E-state index in [2.05, 4.69) is 32.2 Å². The van der Waals surface area contributed by atoms with Gasteiger partial charge in [-0.2, -0.15) is 0 Å². The molecule has 1 saturated heterocycles. The van der Waals surface area contributed by atoms with E-state index >= 15 is 0 Å². The lowest BCUT2D eigenvalue weighted by Crippen LogP contribution is -2.22. The van der Waals surface area contributed by atoms with Crippen molar-refractivity contribution < 1.29 is 4.74 Å². The lowest BCUT2D eigenvalue weighted by Gasteiger charge is -2.22. The summed E-state index contributed by atoms with van der Waals surface area (Å²) in [6.45, 7) is 10.9. The van der Waals surface area contributed by atoms with Gasteiger partial charge in [0.2, 0.25) is 0 Å². The average molecular weight is 225 g/mol. The van der Waals surface area contributed by atoms with Crippen LogP contribution >= 0.6 is 0 Å². The zero-order chi connectivity index (χ0) is 11.8. The van der Waals surface area contributed by atoms with E-state index in [1.54, 1.807) is 5.57 Å². The fourth-order valence-corrected chi connectivity index (χ4v) is 2.05. The highest BCUT2D eigenvalue weighted by atomic mass is 16.5. The van der Waals surface area contributed by atoms with Crippen molar-refractivity contribution >= 4 is 0 Å². The van der Waals surface area contributed by atoms with Crippen molar-refractivity contribution in [2.45, 2.75) is 40.0 Å². The minimum atomic E-state index is 0.659. The first-order valence-electron chi connectivity index (χ1n) is 6.73. The summed E-state index contributed by atoms with van der Waals surface area (Å²) in [6.07, 6.45) is 6.10. The average Bonchev–Trinajstić information content (AvgIpc) is 2.29. The quantitative estimate of drug-likeness (QED) is 0.554. The Hall–Kier alpha value is -0.340. The normalized spacial score (nSPS) is 19.4. The third kappa shape index (κ3) is 5.13. The van der Waals surface area contributed by atoms with Crippen LogP contribution in [0.4, 0.5) is 0 Å². The summed E-state index contributed by atoms with van der Waals surface area (Å²) in [5.41, 5.74) is 1.57. The summed E-state index contributed by atoms with van der Waals surface area (Å²) in [4.78, 5) is 0. The summed E-state index contributed by atoms with van der Waals surface area (Å²) >= 11 is 0. The third-order valence-corrected chi connectivity index (χ3v) is 3.21. The zero-order valence-corrected chi connectivity index (χ0v) is 11.1. The number of hydrogen-bond donors (Lipinski definition) is 1. The molecule has 1 heterocycles. The van der Waals surface area contributed by atoms with Crippen molar-refractivity contribution in [1.82, 2.24) is 5.32 Å². The van der Waals surface area contributed by atoms with Gasteiger partial charge in [0.15, 0.2) is 0 Å². The molecule has 0 unspecified atom stereocenters. The monoisotopic (exact) mass is 225 g/mol. The first-order chi connectivity index (χ1) is 7.74. The summed E-state index contributed by atoms with van der Waals surface area (Å²) in [5, 5.41) is 3.51. The molecule has 1 aliphatic heterocycles. The van der Waals surface area contributed by atoms with Crippen molar-refractivity contribution in [2.75, 3.05) is 26.3 Å². The number of ether oxygens (including phenoxy) is 1. The van der Waals surface area contributed by atoms with Gasteiger partial charge in [0.1, 0.15) is 0 Å². The number of rotatable bonds is 6. The molecule has 0 aromatic rings. The lowest BCUT2D eigenvalue weighted by molar-refractivity contribution is 0.0782. The van der Waals surface area contributed by atoms with Crippen LogP contribution in [0.1, 0.15) is 40.0 Å². The van der Waals surface area contributed by atoms with E-state index in [9.17, 15) is 0 Å². The molecular weight excluding hydrogens is 198 g/mol. The second-order valence-electron chi connectivity index (χ2n) is 5.02. The molecule has 1 aliphatic rings. The van der Waals surface area contributed by atoms with Gasteiger partial charge >= 0.3 is 0 Å². The Morgan fingerprint density at radius 2 is 2.06 bits per heavy atom. The molecule has 0 aliphatic carbocycles.